The summed E-state index contributed by atoms with van der Waals surface area (Å²) in [5.74, 6) is 0.835. The molecule has 0 radical (unpaired) electrons. The van der Waals surface area contributed by atoms with Crippen LogP contribution in [-0.4, -0.2) is 32.8 Å². The molecule has 0 atom stereocenters. The molecule has 1 aromatic carbocycles. The van der Waals surface area contributed by atoms with E-state index < -0.39 is 0 Å². The fourth-order valence-electron chi connectivity index (χ4n) is 2.27. The summed E-state index contributed by atoms with van der Waals surface area (Å²) in [4.78, 5) is 11.8. The van der Waals surface area contributed by atoms with E-state index in [1.165, 1.54) is 6.26 Å². The van der Waals surface area contributed by atoms with Gasteiger partial charge >= 0.3 is 5.97 Å². The summed E-state index contributed by atoms with van der Waals surface area (Å²) in [6.07, 6.45) is 1.48. The number of furan rings is 1. The number of carbonyl (C=O) groups excluding carboxylic acids is 1. The van der Waals surface area contributed by atoms with Crippen LogP contribution in [0.25, 0.3) is 5.69 Å². The van der Waals surface area contributed by atoms with Gasteiger partial charge in [0.1, 0.15) is 11.3 Å². The van der Waals surface area contributed by atoms with E-state index in [1.807, 2.05) is 31.2 Å². The molecule has 124 valence electrons. The number of aromatic nitrogens is 4. The number of anilines is 1. The van der Waals surface area contributed by atoms with Gasteiger partial charge in [-0.25, -0.2) is 4.79 Å². The minimum atomic E-state index is -0.388. The fourth-order valence-corrected chi connectivity index (χ4v) is 2.27. The Balaban J connectivity index is 1.73. The van der Waals surface area contributed by atoms with Crippen LogP contribution in [0, 0.1) is 6.92 Å². The molecule has 3 aromatic rings. The largest absolute Gasteiger partial charge is 0.467 e. The number of tetrazole rings is 1. The van der Waals surface area contributed by atoms with Crippen molar-refractivity contribution in [3.8, 4) is 5.69 Å². The predicted molar refractivity (Wildman–Crippen MR) is 85.9 cm³/mol. The summed E-state index contributed by atoms with van der Waals surface area (Å²) in [6.45, 7) is 4.28. The second kappa shape index (κ2) is 6.95. The number of ether oxygens (including phenoxy) is 1. The Morgan fingerprint density at radius 2 is 2.25 bits per heavy atom. The number of benzene rings is 1. The van der Waals surface area contributed by atoms with Gasteiger partial charge < -0.3 is 14.5 Å². The highest BCUT2D eigenvalue weighted by Gasteiger charge is 2.15. The maximum absolute atomic E-state index is 11.8. The summed E-state index contributed by atoms with van der Waals surface area (Å²) < 4.78 is 12.0. The smallest absolute Gasteiger partial charge is 0.341 e. The first-order valence-corrected chi connectivity index (χ1v) is 7.52. The van der Waals surface area contributed by atoms with Crippen molar-refractivity contribution in [1.29, 1.82) is 0 Å². The van der Waals surface area contributed by atoms with Crippen LogP contribution in [0.3, 0.4) is 0 Å². The number of nitrogens with one attached hydrogen (secondary N) is 1. The maximum Gasteiger partial charge on any atom is 0.341 e. The number of hydrogen-bond donors (Lipinski definition) is 1. The van der Waals surface area contributed by atoms with Crippen LogP contribution < -0.4 is 5.32 Å². The van der Waals surface area contributed by atoms with Crippen molar-refractivity contribution < 1.29 is 13.9 Å². The molecule has 0 aliphatic rings. The molecule has 0 amide bonds. The SMILES string of the molecule is CCOC(=O)c1ccoc1CNc1cccc(-n2nnnc2C)c1. The van der Waals surface area contributed by atoms with E-state index in [0.717, 1.165) is 11.4 Å². The second-order valence-corrected chi connectivity index (χ2v) is 5.02. The number of hydrogen-bond acceptors (Lipinski definition) is 7. The molecule has 2 heterocycles. The van der Waals surface area contributed by atoms with Crippen LogP contribution in [0.2, 0.25) is 0 Å². The van der Waals surface area contributed by atoms with E-state index in [-0.39, 0.29) is 5.97 Å². The Hall–Kier alpha value is -3.16. The van der Waals surface area contributed by atoms with Crippen LogP contribution in [0.5, 0.6) is 0 Å². The van der Waals surface area contributed by atoms with E-state index >= 15 is 0 Å². The number of carbonyl (C=O) groups is 1. The van der Waals surface area contributed by atoms with Crippen molar-refractivity contribution in [2.75, 3.05) is 11.9 Å². The fraction of sp³-hybridized carbons (Fsp3) is 0.250. The molecular weight excluding hydrogens is 310 g/mol. The van der Waals surface area contributed by atoms with Crippen molar-refractivity contribution in [1.82, 2.24) is 20.2 Å². The quantitative estimate of drug-likeness (QED) is 0.694. The lowest BCUT2D eigenvalue weighted by molar-refractivity contribution is 0.0524. The van der Waals surface area contributed by atoms with Gasteiger partial charge in [-0.1, -0.05) is 6.07 Å². The minimum absolute atomic E-state index is 0.324. The lowest BCUT2D eigenvalue weighted by Gasteiger charge is -2.08. The Morgan fingerprint density at radius 3 is 3.00 bits per heavy atom. The molecule has 0 saturated carbocycles. The normalized spacial score (nSPS) is 10.6. The Kier molecular flexibility index (Phi) is 4.55. The van der Waals surface area contributed by atoms with Gasteiger partial charge in [0.05, 0.1) is 25.1 Å². The van der Waals surface area contributed by atoms with Crippen molar-refractivity contribution >= 4 is 11.7 Å². The third-order valence-electron chi connectivity index (χ3n) is 3.41. The molecule has 0 spiro atoms. The van der Waals surface area contributed by atoms with Crippen molar-refractivity contribution in [2.24, 2.45) is 0 Å². The number of rotatable bonds is 6. The van der Waals surface area contributed by atoms with Gasteiger partial charge in [-0.2, -0.15) is 4.68 Å². The second-order valence-electron chi connectivity index (χ2n) is 5.02. The van der Waals surface area contributed by atoms with Crippen LogP contribution in [0.15, 0.2) is 41.0 Å². The van der Waals surface area contributed by atoms with Gasteiger partial charge in [-0.3, -0.25) is 0 Å². The maximum atomic E-state index is 11.8. The molecule has 0 saturated heterocycles. The van der Waals surface area contributed by atoms with Crippen LogP contribution >= 0.6 is 0 Å². The first-order valence-electron chi connectivity index (χ1n) is 7.52. The van der Waals surface area contributed by atoms with Crippen molar-refractivity contribution in [3.63, 3.8) is 0 Å². The molecule has 1 N–H and O–H groups in total. The van der Waals surface area contributed by atoms with E-state index in [4.69, 9.17) is 9.15 Å². The molecule has 8 heteroatoms. The molecule has 0 bridgehead atoms. The zero-order chi connectivity index (χ0) is 16.9. The molecule has 0 aliphatic carbocycles. The molecule has 0 unspecified atom stereocenters. The molecule has 24 heavy (non-hydrogen) atoms. The van der Waals surface area contributed by atoms with Gasteiger partial charge in [0.15, 0.2) is 5.82 Å². The Bertz CT molecular complexity index is 840. The lowest BCUT2D eigenvalue weighted by Crippen LogP contribution is -2.09. The molecule has 0 fully saturated rings. The van der Waals surface area contributed by atoms with Crippen molar-refractivity contribution in [2.45, 2.75) is 20.4 Å². The third-order valence-corrected chi connectivity index (χ3v) is 3.41. The third kappa shape index (κ3) is 3.27. The van der Waals surface area contributed by atoms with Crippen LogP contribution in [0.4, 0.5) is 5.69 Å². The zero-order valence-corrected chi connectivity index (χ0v) is 13.4. The lowest BCUT2D eigenvalue weighted by atomic mass is 10.2. The molecule has 2 aromatic heterocycles. The predicted octanol–water partition coefficient (Wildman–Crippen LogP) is 2.35. The van der Waals surface area contributed by atoms with E-state index in [2.05, 4.69) is 20.8 Å². The molecular formula is C16H17N5O3. The van der Waals surface area contributed by atoms with Gasteiger partial charge in [-0.05, 0) is 48.5 Å². The first kappa shape index (κ1) is 15.7. The topological polar surface area (TPSA) is 95.1 Å². The summed E-state index contributed by atoms with van der Waals surface area (Å²) in [5.41, 5.74) is 2.12. The Labute approximate surface area is 138 Å². The highest BCUT2D eigenvalue weighted by molar-refractivity contribution is 5.90. The number of aryl methyl sites for hydroxylation is 1. The monoisotopic (exact) mass is 327 g/mol. The zero-order valence-electron chi connectivity index (χ0n) is 13.4. The average Bonchev–Trinajstić information content (AvgIpc) is 3.22. The van der Waals surface area contributed by atoms with Crippen molar-refractivity contribution in [3.05, 3.63) is 53.7 Å². The first-order chi connectivity index (χ1) is 11.7. The number of nitrogens with zero attached hydrogens (tertiary/aromatic N) is 4. The summed E-state index contributed by atoms with van der Waals surface area (Å²) in [7, 11) is 0. The highest BCUT2D eigenvalue weighted by Crippen LogP contribution is 2.18. The summed E-state index contributed by atoms with van der Waals surface area (Å²) in [5, 5.41) is 14.7. The molecule has 8 nitrogen and oxygen atoms in total. The van der Waals surface area contributed by atoms with Gasteiger partial charge in [0.2, 0.25) is 0 Å². The van der Waals surface area contributed by atoms with Gasteiger partial charge in [0.25, 0.3) is 0 Å². The van der Waals surface area contributed by atoms with Gasteiger partial charge in [-0.15, -0.1) is 5.10 Å². The number of esters is 1. The van der Waals surface area contributed by atoms with E-state index in [1.54, 1.807) is 17.7 Å². The highest BCUT2D eigenvalue weighted by atomic mass is 16.5. The molecule has 0 aliphatic heterocycles. The summed E-state index contributed by atoms with van der Waals surface area (Å²) in [6, 6.07) is 9.24. The Morgan fingerprint density at radius 1 is 1.38 bits per heavy atom. The summed E-state index contributed by atoms with van der Waals surface area (Å²) >= 11 is 0. The average molecular weight is 327 g/mol. The standard InChI is InChI=1S/C16H17N5O3/c1-3-23-16(22)14-7-8-24-15(14)10-17-12-5-4-6-13(9-12)21-11(2)18-19-20-21/h4-9,17H,3,10H2,1-2H3. The van der Waals surface area contributed by atoms with Gasteiger partial charge in [0, 0.05) is 5.69 Å². The minimum Gasteiger partial charge on any atom is -0.467 e. The van der Waals surface area contributed by atoms with Crippen LogP contribution in [-0.2, 0) is 11.3 Å². The van der Waals surface area contributed by atoms with E-state index in [9.17, 15) is 4.79 Å². The van der Waals surface area contributed by atoms with Crippen LogP contribution in [0.1, 0.15) is 28.9 Å². The molecule has 3 rings (SSSR count). The van der Waals surface area contributed by atoms with E-state index in [0.29, 0.717) is 30.3 Å².